The molecule has 6 nitrogen and oxygen atoms in total. The van der Waals surface area contributed by atoms with Crippen LogP contribution in [-0.2, 0) is 10.2 Å². The van der Waals surface area contributed by atoms with Gasteiger partial charge in [0.05, 0.1) is 11.5 Å². The molecule has 5 rings (SSSR count). The minimum Gasteiger partial charge on any atom is -0.332 e. The zero-order valence-electron chi connectivity index (χ0n) is 16.7. The normalized spacial score (nSPS) is 20.6. The fraction of sp³-hybridized carbons (Fsp3) is 0.391. The summed E-state index contributed by atoms with van der Waals surface area (Å²) in [6, 6.07) is 10.1. The zero-order chi connectivity index (χ0) is 20.6. The standard InChI is InChI=1S/C23H24FN5O/c24-18-7-5-17(6-8-18)23(11-1-2-12-23)22(30)29-15-3-4-19(29)21-26-20(27-28-21)16-9-13-25-14-10-16/h5-10,13-14,19H,1-4,11-12,15H2,(H,26,27,28)/t19-/m1/s1. The van der Waals surface area contributed by atoms with Crippen LogP contribution in [0.5, 0.6) is 0 Å². The van der Waals surface area contributed by atoms with E-state index in [9.17, 15) is 9.18 Å². The van der Waals surface area contributed by atoms with Gasteiger partial charge in [0.2, 0.25) is 5.91 Å². The van der Waals surface area contributed by atoms with E-state index >= 15 is 0 Å². The quantitative estimate of drug-likeness (QED) is 0.707. The summed E-state index contributed by atoms with van der Waals surface area (Å²) in [4.78, 5) is 24.6. The third-order valence-corrected chi connectivity index (χ3v) is 6.53. The molecular weight excluding hydrogens is 381 g/mol. The highest BCUT2D eigenvalue weighted by atomic mass is 19.1. The Bertz CT molecular complexity index is 1030. The number of benzene rings is 1. The number of pyridine rings is 1. The second kappa shape index (κ2) is 7.63. The van der Waals surface area contributed by atoms with Gasteiger partial charge in [-0.25, -0.2) is 9.37 Å². The number of amides is 1. The number of rotatable bonds is 4. The zero-order valence-corrected chi connectivity index (χ0v) is 16.7. The van der Waals surface area contributed by atoms with Crippen LogP contribution in [0.2, 0.25) is 0 Å². The van der Waals surface area contributed by atoms with E-state index < -0.39 is 5.41 Å². The van der Waals surface area contributed by atoms with Gasteiger partial charge in [-0.05, 0) is 55.5 Å². The largest absolute Gasteiger partial charge is 0.332 e. The summed E-state index contributed by atoms with van der Waals surface area (Å²) < 4.78 is 13.5. The van der Waals surface area contributed by atoms with Gasteiger partial charge in [-0.2, -0.15) is 5.10 Å². The number of carbonyl (C=O) groups is 1. The first kappa shape index (κ1) is 18.9. The van der Waals surface area contributed by atoms with Gasteiger partial charge in [-0.15, -0.1) is 0 Å². The Kier molecular flexibility index (Phi) is 4.81. The molecule has 1 saturated heterocycles. The number of H-pyrrole nitrogens is 1. The third-order valence-electron chi connectivity index (χ3n) is 6.53. The van der Waals surface area contributed by atoms with Crippen molar-refractivity contribution >= 4 is 5.91 Å². The first-order chi connectivity index (χ1) is 14.7. The summed E-state index contributed by atoms with van der Waals surface area (Å²) in [6.07, 6.45) is 8.84. The van der Waals surface area contributed by atoms with Crippen molar-refractivity contribution in [3.8, 4) is 11.4 Å². The van der Waals surface area contributed by atoms with Gasteiger partial charge in [0, 0.05) is 24.5 Å². The maximum atomic E-state index is 13.9. The summed E-state index contributed by atoms with van der Waals surface area (Å²) in [5, 5.41) is 7.42. The molecule has 2 aromatic heterocycles. The van der Waals surface area contributed by atoms with Crippen LogP contribution in [0, 0.1) is 5.82 Å². The molecule has 0 spiro atoms. The Morgan fingerprint density at radius 2 is 1.80 bits per heavy atom. The van der Waals surface area contributed by atoms with E-state index in [1.165, 1.54) is 12.1 Å². The highest BCUT2D eigenvalue weighted by Crippen LogP contribution is 2.45. The van der Waals surface area contributed by atoms with E-state index in [2.05, 4.69) is 15.2 Å². The van der Waals surface area contributed by atoms with Crippen LogP contribution in [0.1, 0.15) is 56.0 Å². The second-order valence-corrected chi connectivity index (χ2v) is 8.23. The van der Waals surface area contributed by atoms with Crippen molar-refractivity contribution in [3.05, 3.63) is 66.0 Å². The monoisotopic (exact) mass is 405 g/mol. The molecule has 1 N–H and O–H groups in total. The van der Waals surface area contributed by atoms with Crippen molar-refractivity contribution in [1.82, 2.24) is 25.1 Å². The molecule has 1 aliphatic carbocycles. The molecule has 1 aromatic carbocycles. The highest BCUT2D eigenvalue weighted by molar-refractivity contribution is 5.89. The van der Waals surface area contributed by atoms with Crippen LogP contribution >= 0.6 is 0 Å². The molecule has 0 unspecified atom stereocenters. The van der Waals surface area contributed by atoms with Gasteiger partial charge in [0.15, 0.2) is 5.82 Å². The first-order valence-corrected chi connectivity index (χ1v) is 10.6. The number of carbonyl (C=O) groups excluding carboxylic acids is 1. The third kappa shape index (κ3) is 3.18. The van der Waals surface area contributed by atoms with Crippen LogP contribution in [0.25, 0.3) is 11.4 Å². The molecule has 1 aliphatic heterocycles. The summed E-state index contributed by atoms with van der Waals surface area (Å²) in [5.74, 6) is 1.19. The number of aromatic amines is 1. The maximum Gasteiger partial charge on any atom is 0.233 e. The number of hydrogen-bond donors (Lipinski definition) is 1. The Labute approximate surface area is 174 Å². The van der Waals surface area contributed by atoms with Gasteiger partial charge < -0.3 is 4.90 Å². The van der Waals surface area contributed by atoms with E-state index in [0.717, 1.165) is 55.5 Å². The Balaban J connectivity index is 1.45. The lowest BCUT2D eigenvalue weighted by atomic mass is 9.77. The van der Waals surface area contributed by atoms with Crippen molar-refractivity contribution in [1.29, 1.82) is 0 Å². The molecule has 1 amide bonds. The van der Waals surface area contributed by atoms with Crippen LogP contribution in [-0.4, -0.2) is 37.5 Å². The number of aromatic nitrogens is 4. The van der Waals surface area contributed by atoms with Crippen molar-refractivity contribution in [3.63, 3.8) is 0 Å². The molecule has 0 bridgehead atoms. The van der Waals surface area contributed by atoms with Gasteiger partial charge in [-0.1, -0.05) is 25.0 Å². The highest BCUT2D eigenvalue weighted by Gasteiger charge is 2.48. The lowest BCUT2D eigenvalue weighted by Crippen LogP contribution is -2.45. The fourth-order valence-electron chi connectivity index (χ4n) is 5.00. The Morgan fingerprint density at radius 3 is 2.53 bits per heavy atom. The molecule has 154 valence electrons. The van der Waals surface area contributed by atoms with E-state index in [1.807, 2.05) is 17.0 Å². The predicted molar refractivity (Wildman–Crippen MR) is 110 cm³/mol. The van der Waals surface area contributed by atoms with Crippen LogP contribution in [0.15, 0.2) is 48.8 Å². The minimum atomic E-state index is -0.565. The summed E-state index contributed by atoms with van der Waals surface area (Å²) in [6.45, 7) is 0.706. The van der Waals surface area contributed by atoms with E-state index in [0.29, 0.717) is 12.4 Å². The minimum absolute atomic E-state index is 0.112. The fourth-order valence-corrected chi connectivity index (χ4v) is 5.00. The van der Waals surface area contributed by atoms with Gasteiger partial charge in [0.25, 0.3) is 0 Å². The van der Waals surface area contributed by atoms with Gasteiger partial charge in [0.1, 0.15) is 11.6 Å². The SMILES string of the molecule is O=C(N1CCC[C@@H]1c1nc(-c2ccncc2)n[nH]1)C1(c2ccc(F)cc2)CCCC1. The summed E-state index contributed by atoms with van der Waals surface area (Å²) in [7, 11) is 0. The van der Waals surface area contributed by atoms with Crippen LogP contribution < -0.4 is 0 Å². The number of nitrogens with one attached hydrogen (secondary N) is 1. The predicted octanol–water partition coefficient (Wildman–Crippen LogP) is 4.18. The van der Waals surface area contributed by atoms with Crippen molar-refractivity contribution in [2.24, 2.45) is 0 Å². The molecule has 30 heavy (non-hydrogen) atoms. The molecule has 1 saturated carbocycles. The molecule has 7 heteroatoms. The van der Waals surface area contributed by atoms with Gasteiger partial charge >= 0.3 is 0 Å². The molecule has 3 heterocycles. The lowest BCUT2D eigenvalue weighted by Gasteiger charge is -2.35. The molecule has 3 aromatic rings. The number of hydrogen-bond acceptors (Lipinski definition) is 4. The van der Waals surface area contributed by atoms with Crippen LogP contribution in [0.4, 0.5) is 4.39 Å². The lowest BCUT2D eigenvalue weighted by molar-refractivity contribution is -0.138. The van der Waals surface area contributed by atoms with E-state index in [1.54, 1.807) is 24.5 Å². The van der Waals surface area contributed by atoms with Crippen molar-refractivity contribution in [2.75, 3.05) is 6.54 Å². The van der Waals surface area contributed by atoms with E-state index in [4.69, 9.17) is 4.98 Å². The second-order valence-electron chi connectivity index (χ2n) is 8.23. The topological polar surface area (TPSA) is 74.8 Å². The summed E-state index contributed by atoms with van der Waals surface area (Å²) >= 11 is 0. The number of halogens is 1. The summed E-state index contributed by atoms with van der Waals surface area (Å²) in [5.41, 5.74) is 1.25. The molecule has 0 radical (unpaired) electrons. The average molecular weight is 405 g/mol. The first-order valence-electron chi connectivity index (χ1n) is 10.6. The molecule has 2 aliphatic rings. The molecular formula is C23H24FN5O. The number of likely N-dealkylation sites (tertiary alicyclic amines) is 1. The molecule has 1 atom stereocenters. The van der Waals surface area contributed by atoms with Gasteiger partial charge in [-0.3, -0.25) is 14.9 Å². The van der Waals surface area contributed by atoms with Crippen molar-refractivity contribution in [2.45, 2.75) is 50.0 Å². The average Bonchev–Trinajstić information content (AvgIpc) is 3.55. The Hall–Kier alpha value is -3.09. The maximum absolute atomic E-state index is 13.9. The van der Waals surface area contributed by atoms with E-state index in [-0.39, 0.29) is 17.8 Å². The number of nitrogens with zero attached hydrogens (tertiary/aromatic N) is 4. The Morgan fingerprint density at radius 1 is 1.07 bits per heavy atom. The van der Waals surface area contributed by atoms with Crippen LogP contribution in [0.3, 0.4) is 0 Å². The van der Waals surface area contributed by atoms with Crippen molar-refractivity contribution < 1.29 is 9.18 Å². The molecule has 2 fully saturated rings. The smallest absolute Gasteiger partial charge is 0.233 e.